The number of nitrogen functional groups attached to an aromatic ring is 1. The summed E-state index contributed by atoms with van der Waals surface area (Å²) < 4.78 is 0. The van der Waals surface area contributed by atoms with Crippen LogP contribution in [-0.4, -0.2) is 4.98 Å². The Morgan fingerprint density at radius 1 is 1.60 bits per heavy atom. The second-order valence-corrected chi connectivity index (χ2v) is 2.31. The Balaban J connectivity index is 3.07. The van der Waals surface area contributed by atoms with Crippen molar-refractivity contribution >= 4 is 17.3 Å². The standard InChI is InChI=1S/C6H8ClN3/c7-5-1-4(9)3-10-6(5)2-8/h1,3H,2,8-9H2. The van der Waals surface area contributed by atoms with E-state index in [0.29, 0.717) is 22.9 Å². The molecule has 0 atom stereocenters. The van der Waals surface area contributed by atoms with Gasteiger partial charge in [-0.3, -0.25) is 4.98 Å². The lowest BCUT2D eigenvalue weighted by Gasteiger charge is -1.98. The molecule has 0 spiro atoms. The molecule has 1 aromatic rings. The summed E-state index contributed by atoms with van der Waals surface area (Å²) in [6, 6.07) is 1.64. The zero-order chi connectivity index (χ0) is 7.56. The molecule has 0 aliphatic heterocycles. The Hall–Kier alpha value is -0.800. The normalized spacial score (nSPS) is 9.80. The summed E-state index contributed by atoms with van der Waals surface area (Å²) in [6.07, 6.45) is 1.54. The van der Waals surface area contributed by atoms with E-state index in [1.54, 1.807) is 6.07 Å². The zero-order valence-corrected chi connectivity index (χ0v) is 6.10. The van der Waals surface area contributed by atoms with Crippen molar-refractivity contribution in [2.75, 3.05) is 5.73 Å². The third-order valence-electron chi connectivity index (χ3n) is 1.13. The van der Waals surface area contributed by atoms with Crippen LogP contribution in [0.15, 0.2) is 12.3 Å². The van der Waals surface area contributed by atoms with E-state index in [9.17, 15) is 0 Å². The molecule has 0 radical (unpaired) electrons. The number of nitrogens with zero attached hydrogens (tertiary/aromatic N) is 1. The highest BCUT2D eigenvalue weighted by Gasteiger charge is 1.97. The fourth-order valence-corrected chi connectivity index (χ4v) is 0.883. The highest BCUT2D eigenvalue weighted by Crippen LogP contribution is 2.15. The monoisotopic (exact) mass is 157 g/mol. The van der Waals surface area contributed by atoms with E-state index < -0.39 is 0 Å². The number of halogens is 1. The summed E-state index contributed by atoms with van der Waals surface area (Å²) in [5.41, 5.74) is 11.9. The molecule has 10 heavy (non-hydrogen) atoms. The van der Waals surface area contributed by atoms with Crippen LogP contribution in [0.25, 0.3) is 0 Å². The van der Waals surface area contributed by atoms with Crippen LogP contribution >= 0.6 is 11.6 Å². The molecule has 1 rings (SSSR count). The van der Waals surface area contributed by atoms with Crippen LogP contribution in [0.5, 0.6) is 0 Å². The number of hydrogen-bond acceptors (Lipinski definition) is 3. The fourth-order valence-electron chi connectivity index (χ4n) is 0.631. The van der Waals surface area contributed by atoms with Gasteiger partial charge < -0.3 is 11.5 Å². The van der Waals surface area contributed by atoms with E-state index in [2.05, 4.69) is 4.98 Å². The van der Waals surface area contributed by atoms with Crippen LogP contribution in [0.4, 0.5) is 5.69 Å². The summed E-state index contributed by atoms with van der Waals surface area (Å²) in [5.74, 6) is 0. The van der Waals surface area contributed by atoms with E-state index >= 15 is 0 Å². The van der Waals surface area contributed by atoms with Crippen molar-refractivity contribution in [2.45, 2.75) is 6.54 Å². The minimum atomic E-state index is 0.346. The van der Waals surface area contributed by atoms with Gasteiger partial charge in [0.25, 0.3) is 0 Å². The number of rotatable bonds is 1. The van der Waals surface area contributed by atoms with Crippen molar-refractivity contribution in [2.24, 2.45) is 5.73 Å². The molecule has 0 aliphatic rings. The molecule has 0 saturated carbocycles. The van der Waals surface area contributed by atoms with Crippen LogP contribution in [0, 0.1) is 0 Å². The van der Waals surface area contributed by atoms with Crippen LogP contribution < -0.4 is 11.5 Å². The van der Waals surface area contributed by atoms with Gasteiger partial charge in [0.1, 0.15) is 0 Å². The molecule has 4 N–H and O–H groups in total. The van der Waals surface area contributed by atoms with Gasteiger partial charge in [0.2, 0.25) is 0 Å². The van der Waals surface area contributed by atoms with E-state index in [4.69, 9.17) is 23.1 Å². The van der Waals surface area contributed by atoms with E-state index in [-0.39, 0.29) is 0 Å². The first kappa shape index (κ1) is 7.31. The minimum absolute atomic E-state index is 0.346. The van der Waals surface area contributed by atoms with Gasteiger partial charge in [-0.05, 0) is 6.07 Å². The molecule has 0 fully saturated rings. The largest absolute Gasteiger partial charge is 0.397 e. The maximum Gasteiger partial charge on any atom is 0.0726 e. The molecule has 4 heteroatoms. The molecule has 3 nitrogen and oxygen atoms in total. The van der Waals surface area contributed by atoms with Crippen LogP contribution in [0.2, 0.25) is 5.02 Å². The van der Waals surface area contributed by atoms with Crippen LogP contribution in [0.1, 0.15) is 5.69 Å². The molecule has 1 heterocycles. The lowest BCUT2D eigenvalue weighted by Crippen LogP contribution is -2.00. The van der Waals surface area contributed by atoms with Crippen molar-refractivity contribution < 1.29 is 0 Å². The summed E-state index contributed by atoms with van der Waals surface area (Å²) >= 11 is 5.71. The summed E-state index contributed by atoms with van der Waals surface area (Å²) in [4.78, 5) is 3.91. The minimum Gasteiger partial charge on any atom is -0.397 e. The molecular formula is C6H8ClN3. The second kappa shape index (κ2) is 2.86. The molecule has 0 unspecified atom stereocenters. The molecule has 0 saturated heterocycles. The molecule has 1 aromatic heterocycles. The number of anilines is 1. The van der Waals surface area contributed by atoms with Gasteiger partial charge >= 0.3 is 0 Å². The quantitative estimate of drug-likeness (QED) is 0.633. The maximum atomic E-state index is 5.71. The Morgan fingerprint density at radius 3 is 2.80 bits per heavy atom. The average molecular weight is 158 g/mol. The van der Waals surface area contributed by atoms with Crippen LogP contribution in [0.3, 0.4) is 0 Å². The zero-order valence-electron chi connectivity index (χ0n) is 5.34. The second-order valence-electron chi connectivity index (χ2n) is 1.90. The topological polar surface area (TPSA) is 64.9 Å². The third-order valence-corrected chi connectivity index (χ3v) is 1.46. The van der Waals surface area contributed by atoms with Gasteiger partial charge in [-0.15, -0.1) is 0 Å². The third kappa shape index (κ3) is 1.37. The Kier molecular flexibility index (Phi) is 2.09. The van der Waals surface area contributed by atoms with E-state index in [1.165, 1.54) is 6.20 Å². The lowest BCUT2D eigenvalue weighted by atomic mass is 10.3. The van der Waals surface area contributed by atoms with Gasteiger partial charge in [-0.2, -0.15) is 0 Å². The summed E-state index contributed by atoms with van der Waals surface area (Å²) in [7, 11) is 0. The molecule has 0 amide bonds. The summed E-state index contributed by atoms with van der Waals surface area (Å²) in [5, 5.41) is 0.530. The van der Waals surface area contributed by atoms with Gasteiger partial charge in [-0.25, -0.2) is 0 Å². The molecule has 0 aromatic carbocycles. The lowest BCUT2D eigenvalue weighted by molar-refractivity contribution is 0.992. The van der Waals surface area contributed by atoms with Crippen molar-refractivity contribution in [1.29, 1.82) is 0 Å². The predicted molar refractivity (Wildman–Crippen MR) is 41.6 cm³/mol. The Bertz CT molecular complexity index is 236. The van der Waals surface area contributed by atoms with Crippen molar-refractivity contribution in [3.63, 3.8) is 0 Å². The average Bonchev–Trinajstić information content (AvgIpc) is 1.88. The first-order valence-electron chi connectivity index (χ1n) is 2.84. The maximum absolute atomic E-state index is 5.71. The Labute approximate surface area is 64.0 Å². The number of nitrogens with two attached hydrogens (primary N) is 2. The molecule has 54 valence electrons. The highest BCUT2D eigenvalue weighted by atomic mass is 35.5. The predicted octanol–water partition coefficient (Wildman–Crippen LogP) is 0.776. The molecule has 0 aliphatic carbocycles. The highest BCUT2D eigenvalue weighted by molar-refractivity contribution is 6.31. The van der Waals surface area contributed by atoms with Gasteiger partial charge in [0.05, 0.1) is 22.6 Å². The molecular weight excluding hydrogens is 150 g/mol. The number of hydrogen-bond donors (Lipinski definition) is 2. The first-order valence-corrected chi connectivity index (χ1v) is 3.22. The number of aromatic nitrogens is 1. The Morgan fingerprint density at radius 2 is 2.30 bits per heavy atom. The SMILES string of the molecule is NCc1ncc(N)cc1Cl. The summed E-state index contributed by atoms with van der Waals surface area (Å²) in [6.45, 7) is 0.346. The van der Waals surface area contributed by atoms with Gasteiger partial charge in [-0.1, -0.05) is 11.6 Å². The first-order chi connectivity index (χ1) is 4.74. The fraction of sp³-hybridized carbons (Fsp3) is 0.167. The van der Waals surface area contributed by atoms with Crippen molar-refractivity contribution in [1.82, 2.24) is 4.98 Å². The van der Waals surface area contributed by atoms with Crippen molar-refractivity contribution in [3.8, 4) is 0 Å². The van der Waals surface area contributed by atoms with E-state index in [1.807, 2.05) is 0 Å². The number of pyridine rings is 1. The van der Waals surface area contributed by atoms with Crippen LogP contribution in [-0.2, 0) is 6.54 Å². The van der Waals surface area contributed by atoms with E-state index in [0.717, 1.165) is 0 Å². The van der Waals surface area contributed by atoms with Crippen molar-refractivity contribution in [3.05, 3.63) is 23.0 Å². The van der Waals surface area contributed by atoms with Gasteiger partial charge in [0, 0.05) is 6.54 Å². The smallest absolute Gasteiger partial charge is 0.0726 e. The van der Waals surface area contributed by atoms with Gasteiger partial charge in [0.15, 0.2) is 0 Å². The molecule has 0 bridgehead atoms.